The maximum Gasteiger partial charge on any atom is 0.0323 e. The monoisotopic (exact) mass is 217 g/mol. The minimum absolute atomic E-state index is 0.441. The normalized spacial score (nSPS) is 12.5. The van der Waals surface area contributed by atoms with E-state index in [1.807, 2.05) is 7.05 Å². The SMILES string of the molecule is C=C(C)CCC(NC)c1cc(C)ccc1C. The van der Waals surface area contributed by atoms with Crippen LogP contribution in [0.15, 0.2) is 30.4 Å². The number of rotatable bonds is 5. The first kappa shape index (κ1) is 13.0. The molecule has 0 amide bonds. The molecule has 0 aliphatic heterocycles. The summed E-state index contributed by atoms with van der Waals surface area (Å²) < 4.78 is 0. The quantitative estimate of drug-likeness (QED) is 0.737. The number of aryl methyl sites for hydroxylation is 2. The molecule has 0 heterocycles. The average Bonchev–Trinajstić information content (AvgIpc) is 2.23. The molecule has 1 aromatic rings. The van der Waals surface area contributed by atoms with Gasteiger partial charge in [-0.3, -0.25) is 0 Å². The van der Waals surface area contributed by atoms with Crippen molar-refractivity contribution in [2.24, 2.45) is 0 Å². The Morgan fingerprint density at radius 1 is 1.38 bits per heavy atom. The van der Waals surface area contributed by atoms with Crippen LogP contribution in [0.5, 0.6) is 0 Å². The molecule has 0 fully saturated rings. The number of benzene rings is 1. The lowest BCUT2D eigenvalue weighted by atomic mass is 9.95. The molecule has 0 bridgehead atoms. The number of hydrogen-bond acceptors (Lipinski definition) is 1. The molecule has 1 heteroatoms. The molecule has 1 atom stereocenters. The summed E-state index contributed by atoms with van der Waals surface area (Å²) in [6, 6.07) is 7.10. The highest BCUT2D eigenvalue weighted by molar-refractivity contribution is 5.33. The molecule has 1 rings (SSSR count). The van der Waals surface area contributed by atoms with E-state index in [0.717, 1.165) is 12.8 Å². The van der Waals surface area contributed by atoms with Crippen molar-refractivity contribution in [2.75, 3.05) is 7.05 Å². The zero-order valence-electron chi connectivity index (χ0n) is 10.9. The van der Waals surface area contributed by atoms with Gasteiger partial charge < -0.3 is 5.32 Å². The maximum atomic E-state index is 3.97. The second-order valence-electron chi connectivity index (χ2n) is 4.70. The molecule has 88 valence electrons. The van der Waals surface area contributed by atoms with Crippen molar-refractivity contribution in [1.82, 2.24) is 5.32 Å². The molecule has 0 aliphatic rings. The zero-order chi connectivity index (χ0) is 12.1. The van der Waals surface area contributed by atoms with Gasteiger partial charge >= 0.3 is 0 Å². The minimum atomic E-state index is 0.441. The largest absolute Gasteiger partial charge is 0.313 e. The van der Waals surface area contributed by atoms with Crippen molar-refractivity contribution in [3.63, 3.8) is 0 Å². The highest BCUT2D eigenvalue weighted by atomic mass is 14.9. The van der Waals surface area contributed by atoms with E-state index in [1.165, 1.54) is 22.3 Å². The van der Waals surface area contributed by atoms with Gasteiger partial charge in [0.25, 0.3) is 0 Å². The summed E-state index contributed by atoms with van der Waals surface area (Å²) in [6.07, 6.45) is 2.20. The Balaban J connectivity index is 2.85. The Morgan fingerprint density at radius 3 is 2.62 bits per heavy atom. The summed E-state index contributed by atoms with van der Waals surface area (Å²) >= 11 is 0. The van der Waals surface area contributed by atoms with Gasteiger partial charge in [-0.1, -0.05) is 29.3 Å². The van der Waals surface area contributed by atoms with Gasteiger partial charge in [-0.2, -0.15) is 0 Å². The third-order valence-electron chi connectivity index (χ3n) is 3.02. The van der Waals surface area contributed by atoms with Crippen molar-refractivity contribution in [2.45, 2.75) is 39.7 Å². The van der Waals surface area contributed by atoms with Crippen molar-refractivity contribution in [1.29, 1.82) is 0 Å². The first-order valence-corrected chi connectivity index (χ1v) is 5.93. The van der Waals surface area contributed by atoms with Gasteiger partial charge in [-0.05, 0) is 51.8 Å². The molecule has 0 aromatic heterocycles. The Morgan fingerprint density at radius 2 is 2.06 bits per heavy atom. The molecule has 1 unspecified atom stereocenters. The molecule has 0 radical (unpaired) electrons. The summed E-state index contributed by atoms with van der Waals surface area (Å²) in [5.74, 6) is 0. The Kier molecular flexibility index (Phi) is 4.75. The lowest BCUT2D eigenvalue weighted by Gasteiger charge is -2.19. The zero-order valence-corrected chi connectivity index (χ0v) is 10.9. The lowest BCUT2D eigenvalue weighted by molar-refractivity contribution is 0.545. The second kappa shape index (κ2) is 5.86. The molecule has 0 aliphatic carbocycles. The number of allylic oxidation sites excluding steroid dienone is 1. The van der Waals surface area contributed by atoms with E-state index < -0.39 is 0 Å². The summed E-state index contributed by atoms with van der Waals surface area (Å²) in [4.78, 5) is 0. The molecule has 1 N–H and O–H groups in total. The fraction of sp³-hybridized carbons (Fsp3) is 0.467. The topological polar surface area (TPSA) is 12.0 Å². The van der Waals surface area contributed by atoms with E-state index in [-0.39, 0.29) is 0 Å². The number of hydrogen-bond donors (Lipinski definition) is 1. The van der Waals surface area contributed by atoms with Crippen LogP contribution in [-0.2, 0) is 0 Å². The predicted molar refractivity (Wildman–Crippen MR) is 71.8 cm³/mol. The fourth-order valence-corrected chi connectivity index (χ4v) is 1.98. The van der Waals surface area contributed by atoms with Gasteiger partial charge in [0.2, 0.25) is 0 Å². The van der Waals surface area contributed by atoms with E-state index >= 15 is 0 Å². The van der Waals surface area contributed by atoms with Crippen LogP contribution in [0.3, 0.4) is 0 Å². The van der Waals surface area contributed by atoms with Crippen LogP contribution in [-0.4, -0.2) is 7.05 Å². The lowest BCUT2D eigenvalue weighted by Crippen LogP contribution is -2.17. The molecule has 1 aromatic carbocycles. The van der Waals surface area contributed by atoms with Crippen molar-refractivity contribution >= 4 is 0 Å². The van der Waals surface area contributed by atoms with Gasteiger partial charge in [0.1, 0.15) is 0 Å². The first-order chi connectivity index (χ1) is 7.54. The van der Waals surface area contributed by atoms with Crippen LogP contribution in [0.4, 0.5) is 0 Å². The van der Waals surface area contributed by atoms with Gasteiger partial charge in [-0.15, -0.1) is 6.58 Å². The average molecular weight is 217 g/mol. The Labute approximate surface area is 99.6 Å². The smallest absolute Gasteiger partial charge is 0.0323 e. The minimum Gasteiger partial charge on any atom is -0.313 e. The van der Waals surface area contributed by atoms with Crippen LogP contribution in [0.2, 0.25) is 0 Å². The number of nitrogens with one attached hydrogen (secondary N) is 1. The molecular weight excluding hydrogens is 194 g/mol. The summed E-state index contributed by atoms with van der Waals surface area (Å²) in [7, 11) is 2.03. The van der Waals surface area contributed by atoms with E-state index in [9.17, 15) is 0 Å². The molecule has 0 saturated carbocycles. The van der Waals surface area contributed by atoms with E-state index in [1.54, 1.807) is 0 Å². The highest BCUT2D eigenvalue weighted by Gasteiger charge is 2.11. The molecule has 0 saturated heterocycles. The highest BCUT2D eigenvalue weighted by Crippen LogP contribution is 2.24. The van der Waals surface area contributed by atoms with E-state index in [4.69, 9.17) is 0 Å². The van der Waals surface area contributed by atoms with E-state index in [2.05, 4.69) is 50.9 Å². The van der Waals surface area contributed by atoms with Gasteiger partial charge in [0.15, 0.2) is 0 Å². The maximum absolute atomic E-state index is 3.97. The van der Waals surface area contributed by atoms with Crippen LogP contribution in [0.1, 0.15) is 42.5 Å². The van der Waals surface area contributed by atoms with E-state index in [0.29, 0.717) is 6.04 Å². The molecular formula is C15H23N. The summed E-state index contributed by atoms with van der Waals surface area (Å²) in [5.41, 5.74) is 5.37. The standard InChI is InChI=1S/C15H23N/c1-11(2)6-9-15(16-5)14-10-12(3)7-8-13(14)4/h7-8,10,15-16H,1,6,9H2,2-5H3. The summed E-state index contributed by atoms with van der Waals surface area (Å²) in [6.45, 7) is 10.4. The van der Waals surface area contributed by atoms with Gasteiger partial charge in [0.05, 0.1) is 0 Å². The molecule has 0 spiro atoms. The third kappa shape index (κ3) is 3.49. The van der Waals surface area contributed by atoms with Gasteiger partial charge in [-0.25, -0.2) is 0 Å². The molecule has 1 nitrogen and oxygen atoms in total. The Bertz CT molecular complexity index is 366. The van der Waals surface area contributed by atoms with Crippen LogP contribution in [0, 0.1) is 13.8 Å². The van der Waals surface area contributed by atoms with Crippen LogP contribution in [0.25, 0.3) is 0 Å². The summed E-state index contributed by atoms with van der Waals surface area (Å²) in [5, 5.41) is 3.40. The fourth-order valence-electron chi connectivity index (χ4n) is 1.98. The van der Waals surface area contributed by atoms with Crippen molar-refractivity contribution < 1.29 is 0 Å². The predicted octanol–water partition coefficient (Wildman–Crippen LogP) is 3.92. The van der Waals surface area contributed by atoms with Crippen LogP contribution >= 0.6 is 0 Å². The van der Waals surface area contributed by atoms with Crippen LogP contribution < -0.4 is 5.32 Å². The second-order valence-corrected chi connectivity index (χ2v) is 4.70. The Hall–Kier alpha value is -1.08. The van der Waals surface area contributed by atoms with Gasteiger partial charge in [0, 0.05) is 6.04 Å². The van der Waals surface area contributed by atoms with Crippen molar-refractivity contribution in [3.8, 4) is 0 Å². The van der Waals surface area contributed by atoms with Crippen molar-refractivity contribution in [3.05, 3.63) is 47.0 Å². The third-order valence-corrected chi connectivity index (χ3v) is 3.02. The molecule has 16 heavy (non-hydrogen) atoms. The first-order valence-electron chi connectivity index (χ1n) is 5.93.